The van der Waals surface area contributed by atoms with Crippen molar-refractivity contribution >= 4 is 39.3 Å². The molecule has 1 amide bonds. The van der Waals surface area contributed by atoms with Crippen LogP contribution in [-0.4, -0.2) is 25.8 Å². The number of hydrogen-bond donors (Lipinski definition) is 1. The monoisotopic (exact) mass is 452 g/mol. The molecule has 3 aromatic carbocycles. The van der Waals surface area contributed by atoms with Crippen molar-refractivity contribution < 1.29 is 13.2 Å². The molecule has 0 saturated heterocycles. The highest BCUT2D eigenvalue weighted by Gasteiger charge is 2.19. The normalized spacial score (nSPS) is 13.8. The molecular formula is C24H21ClN2O3S. The summed E-state index contributed by atoms with van der Waals surface area (Å²) in [4.78, 5) is 14.5. The van der Waals surface area contributed by atoms with Crippen molar-refractivity contribution in [1.29, 1.82) is 0 Å². The Bertz CT molecular complexity index is 1240. The molecule has 0 atom stereocenters. The lowest BCUT2D eigenvalue weighted by molar-refractivity contribution is -0.126. The zero-order valence-corrected chi connectivity index (χ0v) is 18.2. The van der Waals surface area contributed by atoms with Gasteiger partial charge in [-0.1, -0.05) is 60.1 Å². The topological polar surface area (TPSA) is 66.5 Å². The number of fused-ring (bicyclic) bond motifs is 1. The molecule has 0 spiro atoms. The summed E-state index contributed by atoms with van der Waals surface area (Å²) in [6.45, 7) is 1.29. The molecule has 0 unspecified atom stereocenters. The molecule has 5 nitrogen and oxygen atoms in total. The van der Waals surface area contributed by atoms with Gasteiger partial charge >= 0.3 is 0 Å². The summed E-state index contributed by atoms with van der Waals surface area (Å²) in [5.74, 6) is -0.0633. The molecule has 1 aliphatic rings. The minimum absolute atomic E-state index is 0.0633. The van der Waals surface area contributed by atoms with Gasteiger partial charge in [0, 0.05) is 19.2 Å². The standard InChI is InChI=1S/C24H21ClN2O3S/c25-22-7-3-4-8-23(22)26-31(29,30)21-12-9-18(10-13-21)11-14-24(28)27-16-15-19-5-1-2-6-20(19)17-27/h1-14,26H,15-17H2/b14-11+. The van der Waals surface area contributed by atoms with E-state index in [1.807, 2.05) is 23.1 Å². The van der Waals surface area contributed by atoms with Gasteiger partial charge < -0.3 is 4.90 Å². The van der Waals surface area contributed by atoms with Gasteiger partial charge in [0.2, 0.25) is 5.91 Å². The van der Waals surface area contributed by atoms with E-state index in [0.717, 1.165) is 12.0 Å². The maximum Gasteiger partial charge on any atom is 0.261 e. The van der Waals surface area contributed by atoms with Crippen LogP contribution in [-0.2, 0) is 27.8 Å². The van der Waals surface area contributed by atoms with Gasteiger partial charge in [-0.15, -0.1) is 0 Å². The largest absolute Gasteiger partial charge is 0.334 e. The van der Waals surface area contributed by atoms with Crippen molar-refractivity contribution in [1.82, 2.24) is 4.90 Å². The Balaban J connectivity index is 1.42. The number of hydrogen-bond acceptors (Lipinski definition) is 3. The van der Waals surface area contributed by atoms with Crippen molar-refractivity contribution in [2.45, 2.75) is 17.9 Å². The first-order valence-electron chi connectivity index (χ1n) is 9.83. The van der Waals surface area contributed by atoms with Crippen molar-refractivity contribution in [3.05, 3.63) is 101 Å². The van der Waals surface area contributed by atoms with Crippen LogP contribution in [0, 0.1) is 0 Å². The number of rotatable bonds is 5. The molecule has 0 bridgehead atoms. The molecule has 0 saturated carbocycles. The van der Waals surface area contributed by atoms with Crippen LogP contribution in [0.5, 0.6) is 0 Å². The Morgan fingerprint density at radius 1 is 0.935 bits per heavy atom. The molecule has 0 aromatic heterocycles. The van der Waals surface area contributed by atoms with Gasteiger partial charge in [-0.05, 0) is 53.5 Å². The van der Waals surface area contributed by atoms with Crippen molar-refractivity contribution in [3.8, 4) is 0 Å². The number of nitrogens with zero attached hydrogens (tertiary/aromatic N) is 1. The van der Waals surface area contributed by atoms with Crippen molar-refractivity contribution in [3.63, 3.8) is 0 Å². The molecule has 7 heteroatoms. The van der Waals surface area contributed by atoms with E-state index < -0.39 is 10.0 Å². The molecule has 0 fully saturated rings. The zero-order valence-electron chi connectivity index (χ0n) is 16.7. The fraction of sp³-hybridized carbons (Fsp3) is 0.125. The first kappa shape index (κ1) is 21.2. The van der Waals surface area contributed by atoms with Crippen molar-refractivity contribution in [2.24, 2.45) is 0 Å². The summed E-state index contributed by atoms with van der Waals surface area (Å²) in [6.07, 6.45) is 4.07. The third-order valence-electron chi connectivity index (χ3n) is 5.17. The average Bonchev–Trinajstić information content (AvgIpc) is 2.79. The van der Waals surface area contributed by atoms with Gasteiger partial charge in [0.1, 0.15) is 0 Å². The van der Waals surface area contributed by atoms with Gasteiger partial charge in [-0.25, -0.2) is 8.42 Å². The van der Waals surface area contributed by atoms with E-state index in [0.29, 0.717) is 23.8 Å². The van der Waals surface area contributed by atoms with Crippen LogP contribution < -0.4 is 4.72 Å². The van der Waals surface area contributed by atoms with Crippen LogP contribution in [0.25, 0.3) is 6.08 Å². The lowest BCUT2D eigenvalue weighted by Gasteiger charge is -2.27. The smallest absolute Gasteiger partial charge is 0.261 e. The third-order valence-corrected chi connectivity index (χ3v) is 6.88. The second-order valence-electron chi connectivity index (χ2n) is 7.27. The molecule has 1 heterocycles. The highest BCUT2D eigenvalue weighted by Crippen LogP contribution is 2.24. The summed E-state index contributed by atoms with van der Waals surface area (Å²) in [6, 6.07) is 21.1. The SMILES string of the molecule is O=C(/C=C/c1ccc(S(=O)(=O)Nc2ccccc2Cl)cc1)N1CCc2ccccc2C1. The highest BCUT2D eigenvalue weighted by atomic mass is 35.5. The summed E-state index contributed by atoms with van der Waals surface area (Å²) in [7, 11) is -3.76. The quantitative estimate of drug-likeness (QED) is 0.568. The second-order valence-corrected chi connectivity index (χ2v) is 9.36. The first-order chi connectivity index (χ1) is 14.9. The number of halogens is 1. The van der Waals surface area contributed by atoms with E-state index in [1.165, 1.54) is 29.3 Å². The summed E-state index contributed by atoms with van der Waals surface area (Å²) in [5, 5.41) is 0.324. The molecule has 3 aromatic rings. The Morgan fingerprint density at radius 3 is 2.35 bits per heavy atom. The maximum atomic E-state index is 12.6. The number of anilines is 1. The first-order valence-corrected chi connectivity index (χ1v) is 11.7. The molecule has 1 N–H and O–H groups in total. The van der Waals surface area contributed by atoms with Crippen LogP contribution in [0.3, 0.4) is 0 Å². The minimum atomic E-state index is -3.76. The van der Waals surface area contributed by atoms with E-state index in [4.69, 9.17) is 11.6 Å². The van der Waals surface area contributed by atoms with Gasteiger partial charge in [0.05, 0.1) is 15.6 Å². The number of benzene rings is 3. The lowest BCUT2D eigenvalue weighted by atomic mass is 10.00. The van der Waals surface area contributed by atoms with Gasteiger partial charge in [-0.2, -0.15) is 0 Å². The number of carbonyl (C=O) groups is 1. The van der Waals surface area contributed by atoms with Crippen LogP contribution in [0.1, 0.15) is 16.7 Å². The fourth-order valence-corrected chi connectivity index (χ4v) is 4.78. The van der Waals surface area contributed by atoms with Crippen molar-refractivity contribution in [2.75, 3.05) is 11.3 Å². The van der Waals surface area contributed by atoms with Gasteiger partial charge in [0.15, 0.2) is 0 Å². The van der Waals surface area contributed by atoms with Crippen LogP contribution in [0.15, 0.2) is 83.8 Å². The number of para-hydroxylation sites is 1. The number of amides is 1. The predicted molar refractivity (Wildman–Crippen MR) is 123 cm³/mol. The highest BCUT2D eigenvalue weighted by molar-refractivity contribution is 7.92. The van der Waals surface area contributed by atoms with Gasteiger partial charge in [0.25, 0.3) is 10.0 Å². The van der Waals surface area contributed by atoms with E-state index in [2.05, 4.69) is 10.8 Å². The van der Waals surface area contributed by atoms with E-state index in [9.17, 15) is 13.2 Å². The van der Waals surface area contributed by atoms with Crippen LogP contribution >= 0.6 is 11.6 Å². The summed E-state index contributed by atoms with van der Waals surface area (Å²) in [5.41, 5.74) is 3.53. The number of sulfonamides is 1. The Hall–Kier alpha value is -3.09. The molecule has 0 radical (unpaired) electrons. The van der Waals surface area contributed by atoms with E-state index in [-0.39, 0.29) is 10.8 Å². The third kappa shape index (κ3) is 4.98. The fourth-order valence-electron chi connectivity index (χ4n) is 3.46. The summed E-state index contributed by atoms with van der Waals surface area (Å²) < 4.78 is 27.7. The predicted octanol–water partition coefficient (Wildman–Crippen LogP) is 4.74. The molecule has 0 aliphatic carbocycles. The second kappa shape index (κ2) is 8.96. The van der Waals surface area contributed by atoms with E-state index >= 15 is 0 Å². The Labute approximate surface area is 187 Å². The zero-order chi connectivity index (χ0) is 21.8. The minimum Gasteiger partial charge on any atom is -0.334 e. The van der Waals surface area contributed by atoms with Gasteiger partial charge in [-0.3, -0.25) is 9.52 Å². The van der Waals surface area contributed by atoms with E-state index in [1.54, 1.807) is 42.5 Å². The maximum absolute atomic E-state index is 12.6. The number of carbonyl (C=O) groups excluding carboxylic acids is 1. The molecule has 1 aliphatic heterocycles. The molecule has 31 heavy (non-hydrogen) atoms. The molecular weight excluding hydrogens is 432 g/mol. The number of nitrogens with one attached hydrogen (secondary N) is 1. The Kier molecular flexibility index (Phi) is 6.11. The van der Waals surface area contributed by atoms with Crippen LogP contribution in [0.2, 0.25) is 5.02 Å². The molecule has 158 valence electrons. The Morgan fingerprint density at radius 2 is 1.61 bits per heavy atom. The summed E-state index contributed by atoms with van der Waals surface area (Å²) >= 11 is 6.03. The lowest BCUT2D eigenvalue weighted by Crippen LogP contribution is -2.34. The molecule has 4 rings (SSSR count). The van der Waals surface area contributed by atoms with Crippen LogP contribution in [0.4, 0.5) is 5.69 Å². The average molecular weight is 453 g/mol.